The van der Waals surface area contributed by atoms with Crippen LogP contribution in [0.3, 0.4) is 0 Å². The lowest BCUT2D eigenvalue weighted by Crippen LogP contribution is -2.21. The van der Waals surface area contributed by atoms with Crippen molar-refractivity contribution in [3.8, 4) is 0 Å². The Morgan fingerprint density at radius 3 is 2.36 bits per heavy atom. The minimum absolute atomic E-state index is 0.101. The molecule has 0 spiro atoms. The van der Waals surface area contributed by atoms with Crippen molar-refractivity contribution in [2.24, 2.45) is 0 Å². The summed E-state index contributed by atoms with van der Waals surface area (Å²) in [6, 6.07) is 6.42. The third-order valence-electron chi connectivity index (χ3n) is 4.01. The van der Waals surface area contributed by atoms with E-state index in [2.05, 4.69) is 15.9 Å². The molecule has 2 aromatic rings. The van der Waals surface area contributed by atoms with Crippen LogP contribution in [0.2, 0.25) is 0 Å². The van der Waals surface area contributed by atoms with Crippen LogP contribution in [0, 0.1) is 17.5 Å². The summed E-state index contributed by atoms with van der Waals surface area (Å²) in [5.41, 5.74) is -0.851. The first kappa shape index (κ1) is 14.0. The van der Waals surface area contributed by atoms with E-state index in [0.717, 1.165) is 16.6 Å². The van der Waals surface area contributed by atoms with E-state index in [1.807, 2.05) is 0 Å². The maximum absolute atomic E-state index is 15.1. The zero-order chi connectivity index (χ0) is 15.7. The number of hydrogen-bond acceptors (Lipinski definition) is 1. The van der Waals surface area contributed by atoms with Crippen LogP contribution in [0.1, 0.15) is 16.7 Å². The van der Waals surface area contributed by atoms with E-state index in [9.17, 15) is 13.2 Å². The van der Waals surface area contributed by atoms with Crippen molar-refractivity contribution >= 4 is 22.0 Å². The van der Waals surface area contributed by atoms with Crippen molar-refractivity contribution in [3.63, 3.8) is 0 Å². The normalized spacial score (nSPS) is 28.2. The monoisotopic (exact) mass is 370 g/mol. The molecule has 0 aromatic heterocycles. The molecule has 1 nitrogen and oxygen atoms in total. The molecule has 1 saturated heterocycles. The van der Waals surface area contributed by atoms with Gasteiger partial charge in [0.1, 0.15) is 0 Å². The maximum atomic E-state index is 15.1. The van der Waals surface area contributed by atoms with Gasteiger partial charge in [-0.25, -0.2) is 17.6 Å². The van der Waals surface area contributed by atoms with Gasteiger partial charge in [0.15, 0.2) is 23.1 Å². The predicted molar refractivity (Wildman–Crippen MR) is 75.0 cm³/mol. The number of rotatable bonds is 1. The molecule has 1 heterocycles. The average molecular weight is 371 g/mol. The van der Waals surface area contributed by atoms with E-state index in [1.54, 1.807) is 24.3 Å². The molecule has 1 fully saturated rings. The SMILES string of the molecule is Fc1cc(C23C=Cc4cc(Br)ccc4C2(F)O3)cc(F)c1F. The highest BCUT2D eigenvalue weighted by molar-refractivity contribution is 9.10. The van der Waals surface area contributed by atoms with Crippen LogP contribution in [0.25, 0.3) is 6.08 Å². The van der Waals surface area contributed by atoms with Gasteiger partial charge in [-0.1, -0.05) is 28.1 Å². The van der Waals surface area contributed by atoms with Gasteiger partial charge >= 0.3 is 0 Å². The zero-order valence-corrected chi connectivity index (χ0v) is 12.4. The Bertz CT molecular complexity index is 827. The molecule has 2 aromatic carbocycles. The highest BCUT2D eigenvalue weighted by atomic mass is 79.9. The molecule has 1 aliphatic carbocycles. The number of hydrogen-bond donors (Lipinski definition) is 0. The molecule has 0 radical (unpaired) electrons. The predicted octanol–water partition coefficient (Wildman–Crippen LogP) is 4.94. The molecule has 6 heteroatoms. The highest BCUT2D eigenvalue weighted by Crippen LogP contribution is 2.67. The second-order valence-corrected chi connectivity index (χ2v) is 6.17. The van der Waals surface area contributed by atoms with E-state index >= 15 is 4.39 Å². The maximum Gasteiger partial charge on any atom is 0.274 e. The van der Waals surface area contributed by atoms with Crippen LogP contribution in [0.15, 0.2) is 40.9 Å². The van der Waals surface area contributed by atoms with E-state index in [-0.39, 0.29) is 11.1 Å². The van der Waals surface area contributed by atoms with Crippen molar-refractivity contribution in [2.75, 3.05) is 0 Å². The molecule has 2 unspecified atom stereocenters. The number of benzene rings is 2. The summed E-state index contributed by atoms with van der Waals surface area (Å²) in [5, 5.41) is 0. The van der Waals surface area contributed by atoms with Crippen LogP contribution in [-0.4, -0.2) is 0 Å². The van der Waals surface area contributed by atoms with E-state index < -0.39 is 28.9 Å². The van der Waals surface area contributed by atoms with Gasteiger partial charge in [0.2, 0.25) is 0 Å². The number of alkyl halides is 1. The van der Waals surface area contributed by atoms with Gasteiger partial charge in [-0.2, -0.15) is 0 Å². The van der Waals surface area contributed by atoms with Crippen LogP contribution < -0.4 is 0 Å². The average Bonchev–Trinajstić information content (AvgIpc) is 3.11. The Morgan fingerprint density at radius 2 is 1.68 bits per heavy atom. The largest absolute Gasteiger partial charge is 0.317 e. The third-order valence-corrected chi connectivity index (χ3v) is 4.50. The summed E-state index contributed by atoms with van der Waals surface area (Å²) >= 11 is 3.29. The molecule has 22 heavy (non-hydrogen) atoms. The standard InChI is InChI=1S/C16H7BrF4O/c17-10-1-2-11-8(5-10)3-4-15(16(11,21)22-15)9-6-12(18)14(20)13(19)7-9/h1-7H. The number of epoxide rings is 1. The fourth-order valence-electron chi connectivity index (χ4n) is 2.87. The van der Waals surface area contributed by atoms with Gasteiger partial charge < -0.3 is 4.74 Å². The lowest BCUT2D eigenvalue weighted by molar-refractivity contribution is 0.140. The summed E-state index contributed by atoms with van der Waals surface area (Å²) in [6.07, 6.45) is 3.01. The Morgan fingerprint density at radius 1 is 1.00 bits per heavy atom. The van der Waals surface area contributed by atoms with Crippen LogP contribution in [0.4, 0.5) is 17.6 Å². The topological polar surface area (TPSA) is 12.5 Å². The first-order valence-corrected chi connectivity index (χ1v) is 7.20. The molecular weight excluding hydrogens is 364 g/mol. The van der Waals surface area contributed by atoms with Crippen molar-refractivity contribution < 1.29 is 22.3 Å². The Labute approximate surface area is 131 Å². The number of ether oxygens (including phenoxy) is 1. The lowest BCUT2D eigenvalue weighted by Gasteiger charge is -2.18. The molecule has 112 valence electrons. The lowest BCUT2D eigenvalue weighted by atomic mass is 9.83. The Balaban J connectivity index is 1.88. The van der Waals surface area contributed by atoms with Crippen molar-refractivity contribution in [2.45, 2.75) is 11.5 Å². The molecule has 2 aliphatic rings. The van der Waals surface area contributed by atoms with E-state index in [0.29, 0.717) is 5.56 Å². The minimum atomic E-state index is -2.21. The number of halogens is 5. The quantitative estimate of drug-likeness (QED) is 0.393. The first-order valence-electron chi connectivity index (χ1n) is 6.41. The van der Waals surface area contributed by atoms with Crippen molar-refractivity contribution in [3.05, 3.63) is 75.0 Å². The smallest absolute Gasteiger partial charge is 0.274 e. The molecule has 0 saturated carbocycles. The molecule has 0 N–H and O–H groups in total. The van der Waals surface area contributed by atoms with Crippen LogP contribution in [0.5, 0.6) is 0 Å². The summed E-state index contributed by atoms with van der Waals surface area (Å²) in [7, 11) is 0. The molecule has 2 atom stereocenters. The zero-order valence-electron chi connectivity index (χ0n) is 10.8. The van der Waals surface area contributed by atoms with Gasteiger partial charge in [0.25, 0.3) is 5.85 Å². The Hall–Kier alpha value is -1.66. The molecule has 1 aliphatic heterocycles. The number of fused-ring (bicyclic) bond motifs is 3. The van der Waals surface area contributed by atoms with Crippen LogP contribution >= 0.6 is 15.9 Å². The van der Waals surface area contributed by atoms with Crippen molar-refractivity contribution in [1.82, 2.24) is 0 Å². The third kappa shape index (κ3) is 1.62. The minimum Gasteiger partial charge on any atom is -0.317 e. The molecule has 0 amide bonds. The second-order valence-electron chi connectivity index (χ2n) is 5.25. The molecule has 0 bridgehead atoms. The summed E-state index contributed by atoms with van der Waals surface area (Å²) < 4.78 is 61.1. The second kappa shape index (κ2) is 4.20. The molecule has 4 rings (SSSR count). The fraction of sp³-hybridized carbons (Fsp3) is 0.125. The van der Waals surface area contributed by atoms with Crippen molar-refractivity contribution in [1.29, 1.82) is 0 Å². The van der Waals surface area contributed by atoms with Gasteiger partial charge in [-0.15, -0.1) is 0 Å². The summed E-state index contributed by atoms with van der Waals surface area (Å²) in [4.78, 5) is 0. The van der Waals surface area contributed by atoms with Gasteiger partial charge in [0.05, 0.1) is 0 Å². The fourth-order valence-corrected chi connectivity index (χ4v) is 3.25. The first-order chi connectivity index (χ1) is 10.4. The van der Waals surface area contributed by atoms with Crippen LogP contribution in [-0.2, 0) is 16.2 Å². The van der Waals surface area contributed by atoms with E-state index in [4.69, 9.17) is 4.74 Å². The molecular formula is C16H7BrF4O. The van der Waals surface area contributed by atoms with Gasteiger partial charge in [0, 0.05) is 15.6 Å². The Kier molecular flexibility index (Phi) is 2.67. The van der Waals surface area contributed by atoms with E-state index in [1.165, 1.54) is 6.08 Å². The summed E-state index contributed by atoms with van der Waals surface area (Å²) in [5.74, 6) is -6.56. The van der Waals surface area contributed by atoms with Gasteiger partial charge in [-0.05, 0) is 35.9 Å². The van der Waals surface area contributed by atoms with Gasteiger partial charge in [-0.3, -0.25) is 0 Å². The summed E-state index contributed by atoms with van der Waals surface area (Å²) in [6.45, 7) is 0. The highest BCUT2D eigenvalue weighted by Gasteiger charge is 2.74.